The molecule has 0 atom stereocenters. The molecule has 14 heavy (non-hydrogen) atoms. The molecule has 0 spiro atoms. The van der Waals surface area contributed by atoms with Crippen LogP contribution in [0, 0.1) is 0 Å². The molecular weight excluding hydrogens is 198 g/mol. The highest BCUT2D eigenvalue weighted by Gasteiger charge is 2.13. The quantitative estimate of drug-likeness (QED) is 0.785. The minimum Gasteiger partial charge on any atom is -0.383 e. The molecule has 0 unspecified atom stereocenters. The monoisotopic (exact) mass is 209 g/mol. The van der Waals surface area contributed by atoms with Gasteiger partial charge in [-0.15, -0.1) is 0 Å². The molecule has 0 saturated carbocycles. The lowest BCUT2D eigenvalue weighted by molar-refractivity contribution is 0.838. The number of halogens is 1. The minimum atomic E-state index is 0.311. The van der Waals surface area contributed by atoms with E-state index in [1.807, 2.05) is 22.7 Å². The first-order valence-electron chi connectivity index (χ1n) is 4.53. The molecule has 0 aliphatic heterocycles. The van der Waals surface area contributed by atoms with Crippen LogP contribution in [0.15, 0.2) is 18.3 Å². The molecule has 0 radical (unpaired) electrons. The average molecular weight is 210 g/mol. The number of pyridine rings is 1. The van der Waals surface area contributed by atoms with E-state index in [0.717, 1.165) is 11.3 Å². The lowest BCUT2D eigenvalue weighted by Gasteiger charge is -2.00. The minimum absolute atomic E-state index is 0.311. The van der Waals surface area contributed by atoms with E-state index in [-0.39, 0.29) is 0 Å². The summed E-state index contributed by atoms with van der Waals surface area (Å²) in [6.45, 7) is 4.12. The van der Waals surface area contributed by atoms with Crippen molar-refractivity contribution < 1.29 is 0 Å². The van der Waals surface area contributed by atoms with E-state index in [2.05, 4.69) is 18.8 Å². The van der Waals surface area contributed by atoms with Crippen LogP contribution in [0.5, 0.6) is 0 Å². The number of hydrogen-bond donors (Lipinski definition) is 1. The second kappa shape index (κ2) is 3.17. The maximum Gasteiger partial charge on any atom is 0.157 e. The molecule has 0 aromatic carbocycles. The summed E-state index contributed by atoms with van der Waals surface area (Å²) < 4.78 is 1.82. The van der Waals surface area contributed by atoms with Gasteiger partial charge in [0.15, 0.2) is 5.65 Å². The summed E-state index contributed by atoms with van der Waals surface area (Å²) in [5, 5.41) is 0.631. The van der Waals surface area contributed by atoms with Gasteiger partial charge in [0.25, 0.3) is 0 Å². The third-order valence-corrected chi connectivity index (χ3v) is 2.51. The van der Waals surface area contributed by atoms with Crippen LogP contribution in [-0.4, -0.2) is 9.38 Å². The number of fused-ring (bicyclic) bond motifs is 1. The summed E-state index contributed by atoms with van der Waals surface area (Å²) in [6, 6.07) is 3.67. The Morgan fingerprint density at radius 3 is 2.79 bits per heavy atom. The van der Waals surface area contributed by atoms with Crippen LogP contribution in [0.1, 0.15) is 25.5 Å². The molecule has 0 aliphatic rings. The summed E-state index contributed by atoms with van der Waals surface area (Å²) in [6.07, 6.45) is 1.87. The fourth-order valence-electron chi connectivity index (χ4n) is 1.50. The highest BCUT2D eigenvalue weighted by Crippen LogP contribution is 2.25. The predicted octanol–water partition coefficient (Wildman–Crippen LogP) is 2.69. The van der Waals surface area contributed by atoms with Crippen LogP contribution >= 0.6 is 11.6 Å². The molecule has 74 valence electrons. The van der Waals surface area contributed by atoms with Crippen LogP contribution in [0.2, 0.25) is 5.02 Å². The lowest BCUT2D eigenvalue weighted by Crippen LogP contribution is -1.97. The number of rotatable bonds is 1. The highest BCUT2D eigenvalue weighted by molar-refractivity contribution is 6.33. The molecule has 2 aromatic rings. The largest absolute Gasteiger partial charge is 0.383 e. The Morgan fingerprint density at radius 1 is 1.50 bits per heavy atom. The van der Waals surface area contributed by atoms with Crippen LogP contribution in [0.25, 0.3) is 5.65 Å². The van der Waals surface area contributed by atoms with Crippen LogP contribution < -0.4 is 5.73 Å². The van der Waals surface area contributed by atoms with Gasteiger partial charge in [-0.3, -0.25) is 4.40 Å². The molecule has 0 fully saturated rings. The number of nitrogens with zero attached hydrogens (tertiary/aromatic N) is 2. The predicted molar refractivity (Wildman–Crippen MR) is 58.7 cm³/mol. The zero-order chi connectivity index (χ0) is 10.3. The van der Waals surface area contributed by atoms with E-state index >= 15 is 0 Å². The molecule has 2 heterocycles. The molecule has 2 N–H and O–H groups in total. The molecule has 0 bridgehead atoms. The second-order valence-electron chi connectivity index (χ2n) is 3.59. The number of hydrogen-bond acceptors (Lipinski definition) is 2. The van der Waals surface area contributed by atoms with Crippen molar-refractivity contribution in [3.63, 3.8) is 0 Å². The average Bonchev–Trinajstić information content (AvgIpc) is 2.46. The fourth-order valence-corrected chi connectivity index (χ4v) is 1.70. The molecule has 2 rings (SSSR count). The summed E-state index contributed by atoms with van der Waals surface area (Å²) in [4.78, 5) is 4.42. The third kappa shape index (κ3) is 1.24. The van der Waals surface area contributed by atoms with Gasteiger partial charge >= 0.3 is 0 Å². The van der Waals surface area contributed by atoms with E-state index in [0.29, 0.717) is 16.8 Å². The first-order valence-corrected chi connectivity index (χ1v) is 4.91. The highest BCUT2D eigenvalue weighted by atomic mass is 35.5. The van der Waals surface area contributed by atoms with Gasteiger partial charge in [0.05, 0.1) is 10.7 Å². The van der Waals surface area contributed by atoms with E-state index in [9.17, 15) is 0 Å². The topological polar surface area (TPSA) is 43.3 Å². The first-order chi connectivity index (χ1) is 6.61. The molecule has 4 heteroatoms. The van der Waals surface area contributed by atoms with Crippen molar-refractivity contribution >= 4 is 23.1 Å². The van der Waals surface area contributed by atoms with Gasteiger partial charge in [-0.25, -0.2) is 4.98 Å². The Kier molecular flexibility index (Phi) is 2.11. The molecule has 0 aliphatic carbocycles. The molecule has 2 aromatic heterocycles. The van der Waals surface area contributed by atoms with Gasteiger partial charge in [0.2, 0.25) is 0 Å². The van der Waals surface area contributed by atoms with Crippen LogP contribution in [-0.2, 0) is 0 Å². The van der Waals surface area contributed by atoms with Crippen LogP contribution in [0.4, 0.5) is 5.82 Å². The lowest BCUT2D eigenvalue weighted by atomic mass is 10.1. The Labute approximate surface area is 87.5 Å². The third-order valence-electron chi connectivity index (χ3n) is 2.21. The summed E-state index contributed by atoms with van der Waals surface area (Å²) >= 11 is 6.01. The van der Waals surface area contributed by atoms with Gasteiger partial charge in [-0.1, -0.05) is 25.4 Å². The van der Waals surface area contributed by atoms with Crippen molar-refractivity contribution in [2.45, 2.75) is 19.8 Å². The number of aromatic nitrogens is 2. The second-order valence-corrected chi connectivity index (χ2v) is 3.99. The molecule has 3 nitrogen and oxygen atoms in total. The maximum atomic E-state index is 6.01. The normalized spacial score (nSPS) is 11.4. The molecule has 0 amide bonds. The Balaban J connectivity index is 2.80. The van der Waals surface area contributed by atoms with Crippen molar-refractivity contribution in [1.82, 2.24) is 9.38 Å². The van der Waals surface area contributed by atoms with E-state index in [4.69, 9.17) is 17.3 Å². The van der Waals surface area contributed by atoms with Crippen molar-refractivity contribution in [2.24, 2.45) is 0 Å². The number of imidazole rings is 1. The van der Waals surface area contributed by atoms with Crippen molar-refractivity contribution in [2.75, 3.05) is 5.73 Å². The zero-order valence-corrected chi connectivity index (χ0v) is 8.92. The fraction of sp³-hybridized carbons (Fsp3) is 0.300. The van der Waals surface area contributed by atoms with Gasteiger partial charge in [-0.05, 0) is 18.1 Å². The van der Waals surface area contributed by atoms with E-state index in [1.54, 1.807) is 0 Å². The van der Waals surface area contributed by atoms with Crippen molar-refractivity contribution in [1.29, 1.82) is 0 Å². The SMILES string of the molecule is CC(C)c1nc2c(Cl)cccn2c1N. The Bertz CT molecular complexity index is 473. The van der Waals surface area contributed by atoms with E-state index < -0.39 is 0 Å². The number of nitrogen functional groups attached to an aromatic ring is 1. The summed E-state index contributed by atoms with van der Waals surface area (Å²) in [5.41, 5.74) is 7.58. The van der Waals surface area contributed by atoms with Gasteiger partial charge in [-0.2, -0.15) is 0 Å². The van der Waals surface area contributed by atoms with Crippen molar-refractivity contribution in [3.05, 3.63) is 29.0 Å². The number of nitrogens with two attached hydrogens (primary N) is 1. The smallest absolute Gasteiger partial charge is 0.157 e. The molecular formula is C10H12ClN3. The Hall–Kier alpha value is -1.22. The molecule has 0 saturated heterocycles. The van der Waals surface area contributed by atoms with Gasteiger partial charge in [0, 0.05) is 6.20 Å². The summed E-state index contributed by atoms with van der Waals surface area (Å²) in [5.74, 6) is 0.989. The zero-order valence-electron chi connectivity index (χ0n) is 8.16. The van der Waals surface area contributed by atoms with E-state index in [1.165, 1.54) is 0 Å². The maximum absolute atomic E-state index is 6.01. The van der Waals surface area contributed by atoms with Gasteiger partial charge < -0.3 is 5.73 Å². The number of anilines is 1. The standard InChI is InChI=1S/C10H12ClN3/c1-6(2)8-9(12)14-5-3-4-7(11)10(14)13-8/h3-6H,12H2,1-2H3. The first kappa shape index (κ1) is 9.34. The van der Waals surface area contributed by atoms with Gasteiger partial charge in [0.1, 0.15) is 5.82 Å². The van der Waals surface area contributed by atoms with Crippen molar-refractivity contribution in [3.8, 4) is 0 Å². The summed E-state index contributed by atoms with van der Waals surface area (Å²) in [7, 11) is 0. The van der Waals surface area contributed by atoms with Crippen LogP contribution in [0.3, 0.4) is 0 Å². The Morgan fingerprint density at radius 2 is 2.21 bits per heavy atom.